The Balaban J connectivity index is 1.12. The lowest BCUT2D eigenvalue weighted by Crippen LogP contribution is -2.00. The lowest BCUT2D eigenvalue weighted by atomic mass is 10.00. The second kappa shape index (κ2) is 12.8. The molecule has 0 bridgehead atoms. The van der Waals surface area contributed by atoms with Crippen LogP contribution in [-0.4, -0.2) is 19.5 Å². The van der Waals surface area contributed by atoms with E-state index >= 15 is 0 Å². The zero-order chi connectivity index (χ0) is 38.2. The average molecular weight is 741 g/mol. The third-order valence-corrected chi connectivity index (χ3v) is 11.4. The molecule has 0 fully saturated rings. The van der Waals surface area contributed by atoms with Gasteiger partial charge in [0.05, 0.1) is 11.0 Å². The summed E-state index contributed by atoms with van der Waals surface area (Å²) in [6.07, 6.45) is 0. The van der Waals surface area contributed by atoms with Crippen molar-refractivity contribution in [2.75, 3.05) is 0 Å². The molecule has 3 aromatic heterocycles. The maximum absolute atomic E-state index is 6.91. The first-order chi connectivity index (χ1) is 28.7. The van der Waals surface area contributed by atoms with Gasteiger partial charge in [0.15, 0.2) is 17.5 Å². The summed E-state index contributed by atoms with van der Waals surface area (Å²) in [6.45, 7) is 0. The van der Waals surface area contributed by atoms with Crippen molar-refractivity contribution < 1.29 is 4.42 Å². The number of furan rings is 1. The average Bonchev–Trinajstić information content (AvgIpc) is 3.85. The minimum Gasteiger partial charge on any atom is -0.455 e. The van der Waals surface area contributed by atoms with Crippen LogP contribution in [0.2, 0.25) is 0 Å². The third-order valence-electron chi connectivity index (χ3n) is 11.4. The predicted molar refractivity (Wildman–Crippen MR) is 238 cm³/mol. The Hall–Kier alpha value is -7.89. The van der Waals surface area contributed by atoms with Gasteiger partial charge in [-0.1, -0.05) is 158 Å². The van der Waals surface area contributed by atoms with Crippen LogP contribution in [0.25, 0.3) is 116 Å². The van der Waals surface area contributed by atoms with Gasteiger partial charge in [-0.3, -0.25) is 0 Å². The standard InChI is InChI=1S/C53H32N4O/c1-4-14-33(15-5-1)43-31-39(57-45-28-25-34-16-10-12-22-40(34)48(45)49-41-23-13-11-17-35(41)26-29-46(49)57)32-44-42-27-24-38(30-47(42)58-50(43)44)53-55-51(36-18-6-2-7-19-36)54-52(56-53)37-20-8-3-9-21-37/h1-32H. The van der Waals surface area contributed by atoms with Gasteiger partial charge in [-0.15, -0.1) is 0 Å². The van der Waals surface area contributed by atoms with Gasteiger partial charge in [-0.2, -0.15) is 0 Å². The molecule has 270 valence electrons. The SMILES string of the molecule is c1ccc(-c2nc(-c3ccccc3)nc(-c3ccc4c(c3)oc3c(-c5ccccc5)cc(-n5c6ccc7ccccc7c6c6c7ccccc7ccc65)cc34)n2)cc1. The van der Waals surface area contributed by atoms with Crippen LogP contribution in [0.15, 0.2) is 199 Å². The van der Waals surface area contributed by atoms with E-state index in [1.54, 1.807) is 0 Å². The molecule has 0 N–H and O–H groups in total. The number of nitrogens with zero attached hydrogens (tertiary/aromatic N) is 4. The highest BCUT2D eigenvalue weighted by Crippen LogP contribution is 2.44. The van der Waals surface area contributed by atoms with Gasteiger partial charge in [0.1, 0.15) is 11.2 Å². The van der Waals surface area contributed by atoms with Crippen molar-refractivity contribution in [3.8, 4) is 51.0 Å². The molecule has 0 aliphatic carbocycles. The van der Waals surface area contributed by atoms with E-state index < -0.39 is 0 Å². The van der Waals surface area contributed by atoms with Crippen LogP contribution in [0.4, 0.5) is 0 Å². The van der Waals surface area contributed by atoms with Gasteiger partial charge in [-0.25, -0.2) is 15.0 Å². The molecule has 0 amide bonds. The van der Waals surface area contributed by atoms with Crippen molar-refractivity contribution in [2.45, 2.75) is 0 Å². The molecule has 5 nitrogen and oxygen atoms in total. The number of fused-ring (bicyclic) bond motifs is 10. The topological polar surface area (TPSA) is 56.7 Å². The second-order valence-electron chi connectivity index (χ2n) is 14.8. The number of hydrogen-bond acceptors (Lipinski definition) is 4. The fourth-order valence-corrected chi connectivity index (χ4v) is 8.73. The summed E-state index contributed by atoms with van der Waals surface area (Å²) in [4.78, 5) is 14.9. The Morgan fingerprint density at radius 1 is 0.362 bits per heavy atom. The summed E-state index contributed by atoms with van der Waals surface area (Å²) in [6, 6.07) is 68.0. The molecule has 0 saturated heterocycles. The highest BCUT2D eigenvalue weighted by molar-refractivity contribution is 6.28. The smallest absolute Gasteiger partial charge is 0.164 e. The molecule has 0 aliphatic heterocycles. The first kappa shape index (κ1) is 32.4. The summed E-state index contributed by atoms with van der Waals surface area (Å²) in [5, 5.41) is 9.53. The zero-order valence-corrected chi connectivity index (χ0v) is 31.2. The summed E-state index contributed by atoms with van der Waals surface area (Å²) in [5.41, 5.74) is 9.83. The molecule has 9 aromatic carbocycles. The van der Waals surface area contributed by atoms with Gasteiger partial charge in [0, 0.05) is 49.5 Å². The molecular weight excluding hydrogens is 709 g/mol. The third kappa shape index (κ3) is 5.07. The van der Waals surface area contributed by atoms with E-state index in [0.717, 1.165) is 66.5 Å². The maximum atomic E-state index is 6.91. The van der Waals surface area contributed by atoms with E-state index in [1.807, 2.05) is 60.7 Å². The summed E-state index contributed by atoms with van der Waals surface area (Å²) < 4.78 is 9.35. The Morgan fingerprint density at radius 2 is 0.862 bits per heavy atom. The van der Waals surface area contributed by atoms with Crippen LogP contribution >= 0.6 is 0 Å². The molecule has 0 radical (unpaired) electrons. The number of benzene rings is 9. The molecule has 5 heteroatoms. The monoisotopic (exact) mass is 740 g/mol. The fourth-order valence-electron chi connectivity index (χ4n) is 8.73. The van der Waals surface area contributed by atoms with E-state index in [9.17, 15) is 0 Å². The lowest BCUT2D eigenvalue weighted by Gasteiger charge is -2.12. The number of aromatic nitrogens is 4. The number of rotatable bonds is 5. The van der Waals surface area contributed by atoms with E-state index in [2.05, 4.69) is 138 Å². The zero-order valence-electron chi connectivity index (χ0n) is 31.2. The predicted octanol–water partition coefficient (Wildman–Crippen LogP) is 13.8. The largest absolute Gasteiger partial charge is 0.455 e. The van der Waals surface area contributed by atoms with E-state index in [1.165, 1.54) is 32.3 Å². The van der Waals surface area contributed by atoms with Gasteiger partial charge in [0.2, 0.25) is 0 Å². The Labute approximate surface area is 333 Å². The van der Waals surface area contributed by atoms with E-state index in [-0.39, 0.29) is 0 Å². The maximum Gasteiger partial charge on any atom is 0.164 e. The van der Waals surface area contributed by atoms with Crippen LogP contribution in [0.5, 0.6) is 0 Å². The fraction of sp³-hybridized carbons (Fsp3) is 0. The molecule has 0 aliphatic rings. The normalized spacial score (nSPS) is 11.8. The first-order valence-electron chi connectivity index (χ1n) is 19.5. The Kier molecular flexibility index (Phi) is 7.16. The van der Waals surface area contributed by atoms with E-state index in [4.69, 9.17) is 19.4 Å². The molecular formula is C53H32N4O. The summed E-state index contributed by atoms with van der Waals surface area (Å²) in [5.74, 6) is 1.83. The van der Waals surface area contributed by atoms with Crippen LogP contribution in [-0.2, 0) is 0 Å². The summed E-state index contributed by atoms with van der Waals surface area (Å²) in [7, 11) is 0. The highest BCUT2D eigenvalue weighted by atomic mass is 16.3. The Bertz CT molecular complexity index is 3400. The molecule has 3 heterocycles. The van der Waals surface area contributed by atoms with Crippen molar-refractivity contribution in [1.29, 1.82) is 0 Å². The molecule has 0 atom stereocenters. The lowest BCUT2D eigenvalue weighted by molar-refractivity contribution is 0.670. The molecule has 12 aromatic rings. The van der Waals surface area contributed by atoms with Gasteiger partial charge < -0.3 is 8.98 Å². The highest BCUT2D eigenvalue weighted by Gasteiger charge is 2.21. The van der Waals surface area contributed by atoms with Crippen molar-refractivity contribution in [3.05, 3.63) is 194 Å². The van der Waals surface area contributed by atoms with Crippen LogP contribution in [0, 0.1) is 0 Å². The molecule has 0 spiro atoms. The molecule has 12 rings (SSSR count). The minimum absolute atomic E-state index is 0.587. The molecule has 0 saturated carbocycles. The minimum atomic E-state index is 0.587. The second-order valence-corrected chi connectivity index (χ2v) is 14.8. The Morgan fingerprint density at radius 3 is 1.43 bits per heavy atom. The van der Waals surface area contributed by atoms with Crippen molar-refractivity contribution in [2.24, 2.45) is 0 Å². The van der Waals surface area contributed by atoms with Crippen molar-refractivity contribution in [3.63, 3.8) is 0 Å². The van der Waals surface area contributed by atoms with E-state index in [0.29, 0.717) is 17.5 Å². The van der Waals surface area contributed by atoms with Gasteiger partial charge in [0.25, 0.3) is 0 Å². The first-order valence-corrected chi connectivity index (χ1v) is 19.5. The number of hydrogen-bond donors (Lipinski definition) is 0. The van der Waals surface area contributed by atoms with Crippen molar-refractivity contribution in [1.82, 2.24) is 19.5 Å². The molecule has 58 heavy (non-hydrogen) atoms. The summed E-state index contributed by atoms with van der Waals surface area (Å²) >= 11 is 0. The van der Waals surface area contributed by atoms with Gasteiger partial charge >= 0.3 is 0 Å². The quantitative estimate of drug-likeness (QED) is 0.176. The van der Waals surface area contributed by atoms with Crippen LogP contribution in [0.1, 0.15) is 0 Å². The molecule has 0 unspecified atom stereocenters. The van der Waals surface area contributed by atoms with Gasteiger partial charge in [-0.05, 0) is 63.5 Å². The van der Waals surface area contributed by atoms with Crippen molar-refractivity contribution >= 4 is 65.3 Å². The van der Waals surface area contributed by atoms with Crippen LogP contribution in [0.3, 0.4) is 0 Å². The van der Waals surface area contributed by atoms with Crippen LogP contribution < -0.4 is 0 Å².